The summed E-state index contributed by atoms with van der Waals surface area (Å²) in [6.07, 6.45) is 0.811. The molecule has 1 rings (SSSR count). The molecule has 0 N–H and O–H groups in total. The first kappa shape index (κ1) is 9.71. The first-order valence-corrected chi connectivity index (χ1v) is 4.40. The maximum absolute atomic E-state index is 10.3. The van der Waals surface area contributed by atoms with Crippen molar-refractivity contribution in [2.75, 3.05) is 6.54 Å². The van der Waals surface area contributed by atoms with Crippen molar-refractivity contribution in [3.8, 4) is 0 Å². The lowest BCUT2D eigenvalue weighted by Crippen LogP contribution is -2.11. The van der Waals surface area contributed by atoms with Gasteiger partial charge in [-0.1, -0.05) is 37.3 Å². The van der Waals surface area contributed by atoms with Crippen LogP contribution in [0, 0.1) is 10.1 Å². The highest BCUT2D eigenvalue weighted by molar-refractivity contribution is 5.19. The Morgan fingerprint density at radius 1 is 1.38 bits per heavy atom. The standard InChI is InChI=1S/C10H13NO2/c1-2-9(8-11(12)13)10-6-4-3-5-7-10/h3-7,9H,2,8H2,1H3. The van der Waals surface area contributed by atoms with Gasteiger partial charge in [-0.2, -0.15) is 0 Å². The fourth-order valence-electron chi connectivity index (χ4n) is 1.38. The van der Waals surface area contributed by atoms with Crippen molar-refractivity contribution in [1.29, 1.82) is 0 Å². The number of nitro groups is 1. The molecule has 0 bridgehead atoms. The molecule has 0 amide bonds. The van der Waals surface area contributed by atoms with Gasteiger partial charge in [0.2, 0.25) is 6.54 Å². The van der Waals surface area contributed by atoms with Gasteiger partial charge in [0.1, 0.15) is 0 Å². The Morgan fingerprint density at radius 3 is 2.46 bits per heavy atom. The minimum atomic E-state index is -0.249. The fourth-order valence-corrected chi connectivity index (χ4v) is 1.38. The number of hydrogen-bond acceptors (Lipinski definition) is 2. The maximum atomic E-state index is 10.3. The van der Waals surface area contributed by atoms with E-state index in [1.165, 1.54) is 0 Å². The molecule has 0 saturated carbocycles. The summed E-state index contributed by atoms with van der Waals surface area (Å²) in [6.45, 7) is 2.00. The van der Waals surface area contributed by atoms with Crippen LogP contribution in [0.25, 0.3) is 0 Å². The lowest BCUT2D eigenvalue weighted by Gasteiger charge is -2.09. The topological polar surface area (TPSA) is 43.1 Å². The minimum absolute atomic E-state index is 0.0283. The van der Waals surface area contributed by atoms with E-state index in [0.29, 0.717) is 0 Å². The quantitative estimate of drug-likeness (QED) is 0.526. The summed E-state index contributed by atoms with van der Waals surface area (Å²) in [6, 6.07) is 9.63. The summed E-state index contributed by atoms with van der Waals surface area (Å²) in [5.74, 6) is 0.0520. The van der Waals surface area contributed by atoms with Crippen LogP contribution in [0.5, 0.6) is 0 Å². The number of nitrogens with zero attached hydrogens (tertiary/aromatic N) is 1. The molecule has 0 aliphatic rings. The van der Waals surface area contributed by atoms with E-state index < -0.39 is 0 Å². The summed E-state index contributed by atoms with van der Waals surface area (Å²) in [7, 11) is 0. The number of hydrogen-bond donors (Lipinski definition) is 0. The highest BCUT2D eigenvalue weighted by atomic mass is 16.6. The van der Waals surface area contributed by atoms with Gasteiger partial charge in [-0.05, 0) is 12.0 Å². The fraction of sp³-hybridized carbons (Fsp3) is 0.400. The van der Waals surface area contributed by atoms with Gasteiger partial charge in [-0.15, -0.1) is 0 Å². The summed E-state index contributed by atoms with van der Waals surface area (Å²) >= 11 is 0. The summed E-state index contributed by atoms with van der Waals surface area (Å²) in [5.41, 5.74) is 1.06. The van der Waals surface area contributed by atoms with Gasteiger partial charge in [0.05, 0.1) is 0 Å². The lowest BCUT2D eigenvalue weighted by atomic mass is 9.97. The van der Waals surface area contributed by atoms with Crippen LogP contribution in [-0.4, -0.2) is 11.5 Å². The molecule has 70 valence electrons. The molecule has 0 aromatic heterocycles. The zero-order valence-electron chi connectivity index (χ0n) is 7.64. The molecule has 1 atom stereocenters. The third-order valence-electron chi connectivity index (χ3n) is 2.13. The Labute approximate surface area is 77.5 Å². The first-order chi connectivity index (χ1) is 6.24. The minimum Gasteiger partial charge on any atom is -0.265 e. The SMILES string of the molecule is CCC(C[N+](=O)[O-])c1ccccc1. The van der Waals surface area contributed by atoms with Gasteiger partial charge < -0.3 is 0 Å². The zero-order valence-corrected chi connectivity index (χ0v) is 7.64. The van der Waals surface area contributed by atoms with Crippen molar-refractivity contribution >= 4 is 0 Å². The molecule has 1 aromatic rings. The van der Waals surface area contributed by atoms with Gasteiger partial charge in [-0.3, -0.25) is 10.1 Å². The second-order valence-electron chi connectivity index (χ2n) is 3.03. The Balaban J connectivity index is 2.73. The second-order valence-corrected chi connectivity index (χ2v) is 3.03. The lowest BCUT2D eigenvalue weighted by molar-refractivity contribution is -0.483. The zero-order chi connectivity index (χ0) is 9.68. The van der Waals surface area contributed by atoms with Crippen molar-refractivity contribution in [2.24, 2.45) is 0 Å². The predicted octanol–water partition coefficient (Wildman–Crippen LogP) is 2.46. The van der Waals surface area contributed by atoms with E-state index in [1.54, 1.807) is 0 Å². The van der Waals surface area contributed by atoms with Crippen molar-refractivity contribution in [2.45, 2.75) is 19.3 Å². The predicted molar refractivity (Wildman–Crippen MR) is 51.3 cm³/mol. The average Bonchev–Trinajstić information content (AvgIpc) is 2.15. The molecule has 0 fully saturated rings. The monoisotopic (exact) mass is 179 g/mol. The molecule has 0 radical (unpaired) electrons. The summed E-state index contributed by atoms with van der Waals surface area (Å²) in [4.78, 5) is 10.1. The molecule has 0 saturated heterocycles. The van der Waals surface area contributed by atoms with Gasteiger partial charge in [0, 0.05) is 10.8 Å². The molecule has 0 heterocycles. The Kier molecular flexibility index (Phi) is 3.43. The van der Waals surface area contributed by atoms with Crippen molar-refractivity contribution in [1.82, 2.24) is 0 Å². The van der Waals surface area contributed by atoms with Crippen LogP contribution in [0.1, 0.15) is 24.8 Å². The van der Waals surface area contributed by atoms with Crippen LogP contribution < -0.4 is 0 Å². The van der Waals surface area contributed by atoms with Crippen molar-refractivity contribution < 1.29 is 4.92 Å². The second kappa shape index (κ2) is 4.60. The Morgan fingerprint density at radius 2 is 2.00 bits per heavy atom. The van der Waals surface area contributed by atoms with Crippen LogP contribution >= 0.6 is 0 Å². The van der Waals surface area contributed by atoms with Crippen molar-refractivity contribution in [3.05, 3.63) is 46.0 Å². The number of rotatable bonds is 4. The van der Waals surface area contributed by atoms with Gasteiger partial charge in [0.15, 0.2) is 0 Å². The maximum Gasteiger partial charge on any atom is 0.210 e. The molecule has 0 aliphatic heterocycles. The van der Waals surface area contributed by atoms with Gasteiger partial charge >= 0.3 is 0 Å². The molecule has 3 nitrogen and oxygen atoms in total. The highest BCUT2D eigenvalue weighted by Crippen LogP contribution is 2.18. The van der Waals surface area contributed by atoms with Crippen LogP contribution in [-0.2, 0) is 0 Å². The molecular weight excluding hydrogens is 166 g/mol. The largest absolute Gasteiger partial charge is 0.265 e. The van der Waals surface area contributed by atoms with E-state index in [4.69, 9.17) is 0 Å². The Hall–Kier alpha value is -1.38. The van der Waals surface area contributed by atoms with E-state index in [9.17, 15) is 10.1 Å². The smallest absolute Gasteiger partial charge is 0.210 e. The number of benzene rings is 1. The van der Waals surface area contributed by atoms with E-state index in [-0.39, 0.29) is 17.4 Å². The van der Waals surface area contributed by atoms with E-state index in [2.05, 4.69) is 0 Å². The molecular formula is C10H13NO2. The van der Waals surface area contributed by atoms with Crippen LogP contribution in [0.2, 0.25) is 0 Å². The average molecular weight is 179 g/mol. The van der Waals surface area contributed by atoms with E-state index >= 15 is 0 Å². The Bertz CT molecular complexity index is 272. The van der Waals surface area contributed by atoms with Crippen LogP contribution in [0.15, 0.2) is 30.3 Å². The third-order valence-corrected chi connectivity index (χ3v) is 2.13. The molecule has 3 heteroatoms. The molecule has 13 heavy (non-hydrogen) atoms. The third kappa shape index (κ3) is 2.86. The van der Waals surface area contributed by atoms with E-state index in [1.807, 2.05) is 37.3 Å². The van der Waals surface area contributed by atoms with Crippen LogP contribution in [0.3, 0.4) is 0 Å². The first-order valence-electron chi connectivity index (χ1n) is 4.40. The van der Waals surface area contributed by atoms with Gasteiger partial charge in [0.25, 0.3) is 0 Å². The molecule has 0 spiro atoms. The summed E-state index contributed by atoms with van der Waals surface area (Å²) < 4.78 is 0. The van der Waals surface area contributed by atoms with Gasteiger partial charge in [-0.25, -0.2) is 0 Å². The molecule has 1 unspecified atom stereocenters. The molecule has 1 aromatic carbocycles. The van der Waals surface area contributed by atoms with Crippen LogP contribution in [0.4, 0.5) is 0 Å². The summed E-state index contributed by atoms with van der Waals surface area (Å²) in [5, 5.41) is 10.3. The van der Waals surface area contributed by atoms with Crippen molar-refractivity contribution in [3.63, 3.8) is 0 Å². The highest BCUT2D eigenvalue weighted by Gasteiger charge is 2.14. The normalized spacial score (nSPS) is 12.4. The molecule has 0 aliphatic carbocycles. The van der Waals surface area contributed by atoms with E-state index in [0.717, 1.165) is 12.0 Å².